The standard InChI is InChI=1S/C26H40O2/c1-21(27)19-25(3,4)15-9-7-13-23-11-5-6-12-24(23)14-8-10-16-26(17-18-26)20-22(2)28/h5-6,11-12H,7-10,13-20H2,1-4H3. The van der Waals surface area contributed by atoms with Crippen LogP contribution in [0.2, 0.25) is 0 Å². The van der Waals surface area contributed by atoms with Crippen molar-refractivity contribution < 1.29 is 9.59 Å². The van der Waals surface area contributed by atoms with Crippen molar-refractivity contribution in [1.29, 1.82) is 0 Å². The lowest BCUT2D eigenvalue weighted by atomic mass is 9.82. The second-order valence-corrected chi connectivity index (χ2v) is 10.1. The Labute approximate surface area is 172 Å². The molecule has 0 aliphatic heterocycles. The van der Waals surface area contributed by atoms with Gasteiger partial charge in [0.25, 0.3) is 0 Å². The molecule has 0 atom stereocenters. The molecule has 0 spiro atoms. The van der Waals surface area contributed by atoms with Crippen LogP contribution in [0.5, 0.6) is 0 Å². The first-order chi connectivity index (χ1) is 13.2. The minimum atomic E-state index is 0.129. The summed E-state index contributed by atoms with van der Waals surface area (Å²) in [5.74, 6) is 0.654. The first-order valence-corrected chi connectivity index (χ1v) is 11.3. The van der Waals surface area contributed by atoms with Crippen molar-refractivity contribution in [2.75, 3.05) is 0 Å². The summed E-state index contributed by atoms with van der Waals surface area (Å²) in [6, 6.07) is 8.89. The largest absolute Gasteiger partial charge is 0.300 e. The lowest BCUT2D eigenvalue weighted by Crippen LogP contribution is -2.15. The van der Waals surface area contributed by atoms with E-state index in [0.717, 1.165) is 25.7 Å². The number of Topliss-reactive ketones (excluding diaryl/α,β-unsaturated/α-hetero) is 2. The molecule has 1 aliphatic carbocycles. The van der Waals surface area contributed by atoms with Crippen LogP contribution in [-0.2, 0) is 22.4 Å². The van der Waals surface area contributed by atoms with Crippen molar-refractivity contribution in [2.45, 2.75) is 105 Å². The van der Waals surface area contributed by atoms with Crippen molar-refractivity contribution in [3.8, 4) is 0 Å². The van der Waals surface area contributed by atoms with Gasteiger partial charge in [-0.15, -0.1) is 0 Å². The van der Waals surface area contributed by atoms with E-state index in [1.54, 1.807) is 13.8 Å². The molecule has 156 valence electrons. The van der Waals surface area contributed by atoms with E-state index in [-0.39, 0.29) is 5.41 Å². The van der Waals surface area contributed by atoms with Gasteiger partial charge in [0.05, 0.1) is 0 Å². The predicted octanol–water partition coefficient (Wildman–Crippen LogP) is 6.88. The molecule has 0 aromatic heterocycles. The smallest absolute Gasteiger partial charge is 0.130 e. The molecule has 2 nitrogen and oxygen atoms in total. The maximum atomic E-state index is 11.4. The Balaban J connectivity index is 1.72. The van der Waals surface area contributed by atoms with Crippen LogP contribution in [-0.4, -0.2) is 11.6 Å². The molecular formula is C26H40O2. The molecule has 0 amide bonds. The number of ketones is 2. The summed E-state index contributed by atoms with van der Waals surface area (Å²) >= 11 is 0. The van der Waals surface area contributed by atoms with E-state index >= 15 is 0 Å². The van der Waals surface area contributed by atoms with E-state index in [1.807, 2.05) is 0 Å². The maximum Gasteiger partial charge on any atom is 0.130 e. The third-order valence-electron chi connectivity index (χ3n) is 6.38. The summed E-state index contributed by atoms with van der Waals surface area (Å²) < 4.78 is 0. The molecule has 2 rings (SSSR count). The zero-order valence-corrected chi connectivity index (χ0v) is 18.6. The van der Waals surface area contributed by atoms with Gasteiger partial charge in [0.15, 0.2) is 0 Å². The summed E-state index contributed by atoms with van der Waals surface area (Å²) in [6.07, 6.45) is 13.5. The minimum absolute atomic E-state index is 0.129. The highest BCUT2D eigenvalue weighted by Gasteiger charge is 2.42. The molecule has 0 bridgehead atoms. The molecule has 1 aliphatic rings. The number of aryl methyl sites for hydroxylation is 2. The summed E-state index contributed by atoms with van der Waals surface area (Å²) in [5, 5.41) is 0. The molecule has 1 aromatic carbocycles. The van der Waals surface area contributed by atoms with Gasteiger partial charge in [-0.25, -0.2) is 0 Å². The van der Waals surface area contributed by atoms with Crippen LogP contribution in [0.15, 0.2) is 24.3 Å². The van der Waals surface area contributed by atoms with E-state index in [2.05, 4.69) is 38.1 Å². The molecule has 1 saturated carbocycles. The number of hydrogen-bond acceptors (Lipinski definition) is 2. The number of rotatable bonds is 14. The molecule has 0 radical (unpaired) electrons. The van der Waals surface area contributed by atoms with Crippen molar-refractivity contribution in [3.05, 3.63) is 35.4 Å². The van der Waals surface area contributed by atoms with Gasteiger partial charge >= 0.3 is 0 Å². The Morgan fingerprint density at radius 1 is 0.893 bits per heavy atom. The van der Waals surface area contributed by atoms with Gasteiger partial charge in [-0.1, -0.05) is 51.0 Å². The maximum absolute atomic E-state index is 11.4. The minimum Gasteiger partial charge on any atom is -0.300 e. The average Bonchev–Trinajstić information content (AvgIpc) is 3.34. The zero-order chi connectivity index (χ0) is 20.6. The zero-order valence-electron chi connectivity index (χ0n) is 18.6. The highest BCUT2D eigenvalue weighted by atomic mass is 16.1. The Kier molecular flexibility index (Phi) is 8.46. The molecule has 0 heterocycles. The van der Waals surface area contributed by atoms with Crippen molar-refractivity contribution >= 4 is 11.6 Å². The first kappa shape index (κ1) is 22.8. The normalized spacial score (nSPS) is 15.4. The number of hydrogen-bond donors (Lipinski definition) is 0. The van der Waals surface area contributed by atoms with Gasteiger partial charge in [-0.3, -0.25) is 0 Å². The Bertz CT molecular complexity index is 607. The van der Waals surface area contributed by atoms with E-state index in [4.69, 9.17) is 0 Å². The Morgan fingerprint density at radius 3 is 1.96 bits per heavy atom. The van der Waals surface area contributed by atoms with Gasteiger partial charge in [-0.05, 0) is 87.2 Å². The lowest BCUT2D eigenvalue weighted by molar-refractivity contribution is -0.119. The average molecular weight is 385 g/mol. The third kappa shape index (κ3) is 8.29. The van der Waals surface area contributed by atoms with Crippen LogP contribution in [0.3, 0.4) is 0 Å². The highest BCUT2D eigenvalue weighted by molar-refractivity contribution is 5.76. The fourth-order valence-electron chi connectivity index (χ4n) is 4.76. The number of carbonyl (C=O) groups excluding carboxylic acids is 2. The lowest BCUT2D eigenvalue weighted by Gasteiger charge is -2.23. The monoisotopic (exact) mass is 384 g/mol. The fourth-order valence-corrected chi connectivity index (χ4v) is 4.76. The van der Waals surface area contributed by atoms with Gasteiger partial charge in [0.1, 0.15) is 11.6 Å². The molecule has 0 unspecified atom stereocenters. The molecule has 1 fully saturated rings. The van der Waals surface area contributed by atoms with Crippen LogP contribution in [0.25, 0.3) is 0 Å². The Hall–Kier alpha value is -1.44. The molecule has 1 aromatic rings. The third-order valence-corrected chi connectivity index (χ3v) is 6.38. The molecule has 2 heteroatoms. The molecule has 0 N–H and O–H groups in total. The number of benzene rings is 1. The summed E-state index contributed by atoms with van der Waals surface area (Å²) in [7, 11) is 0. The van der Waals surface area contributed by atoms with Crippen LogP contribution >= 0.6 is 0 Å². The van der Waals surface area contributed by atoms with E-state index < -0.39 is 0 Å². The van der Waals surface area contributed by atoms with Crippen LogP contribution in [0, 0.1) is 10.8 Å². The summed E-state index contributed by atoms with van der Waals surface area (Å²) in [6.45, 7) is 7.85. The predicted molar refractivity (Wildman–Crippen MR) is 118 cm³/mol. The molecule has 28 heavy (non-hydrogen) atoms. The SMILES string of the molecule is CC(=O)CC(C)(C)CCCCc1ccccc1CCCCC1(CC(C)=O)CC1. The second kappa shape index (κ2) is 10.4. The quantitative estimate of drug-likeness (QED) is 0.328. The Morgan fingerprint density at radius 2 is 1.46 bits per heavy atom. The van der Waals surface area contributed by atoms with E-state index in [1.165, 1.54) is 56.1 Å². The van der Waals surface area contributed by atoms with Crippen molar-refractivity contribution in [2.24, 2.45) is 10.8 Å². The van der Waals surface area contributed by atoms with Crippen LogP contribution in [0.1, 0.15) is 103 Å². The summed E-state index contributed by atoms with van der Waals surface area (Å²) in [5.41, 5.74) is 3.50. The molecule has 0 saturated heterocycles. The van der Waals surface area contributed by atoms with Crippen molar-refractivity contribution in [1.82, 2.24) is 0 Å². The summed E-state index contributed by atoms with van der Waals surface area (Å²) in [4.78, 5) is 22.8. The van der Waals surface area contributed by atoms with Gasteiger partial charge in [0.2, 0.25) is 0 Å². The van der Waals surface area contributed by atoms with Crippen LogP contribution in [0.4, 0.5) is 0 Å². The van der Waals surface area contributed by atoms with Gasteiger partial charge in [-0.2, -0.15) is 0 Å². The number of unbranched alkanes of at least 4 members (excludes halogenated alkanes) is 2. The molecular weight excluding hydrogens is 344 g/mol. The first-order valence-electron chi connectivity index (χ1n) is 11.3. The van der Waals surface area contributed by atoms with Crippen LogP contribution < -0.4 is 0 Å². The van der Waals surface area contributed by atoms with E-state index in [9.17, 15) is 9.59 Å². The fraction of sp³-hybridized carbons (Fsp3) is 0.692. The topological polar surface area (TPSA) is 34.1 Å². The highest BCUT2D eigenvalue weighted by Crippen LogP contribution is 2.52. The van der Waals surface area contributed by atoms with E-state index in [0.29, 0.717) is 23.4 Å². The van der Waals surface area contributed by atoms with Gasteiger partial charge < -0.3 is 9.59 Å². The number of carbonyl (C=O) groups is 2. The second-order valence-electron chi connectivity index (χ2n) is 10.1. The van der Waals surface area contributed by atoms with Crippen molar-refractivity contribution in [3.63, 3.8) is 0 Å². The van der Waals surface area contributed by atoms with Gasteiger partial charge in [0, 0.05) is 12.8 Å².